The molecule has 12 heteroatoms. The molecule has 5 rings (SSSR count). The molecule has 1 N–H and O–H groups in total. The zero-order valence-electron chi connectivity index (χ0n) is 20.4. The molecular weight excluding hydrogens is 503 g/mol. The van der Waals surface area contributed by atoms with Crippen LogP contribution in [0.15, 0.2) is 48.9 Å². The van der Waals surface area contributed by atoms with Crippen molar-refractivity contribution in [2.45, 2.75) is 44.6 Å². The number of hydrogen-bond donors (Lipinski definition) is 1. The molecule has 4 aromatic rings. The predicted octanol–water partition coefficient (Wildman–Crippen LogP) is 5.40. The monoisotopic (exact) mass is 527 g/mol. The Morgan fingerprint density at radius 2 is 1.74 bits per heavy atom. The van der Waals surface area contributed by atoms with Crippen LogP contribution in [0.1, 0.15) is 32.1 Å². The van der Waals surface area contributed by atoms with E-state index >= 15 is 0 Å². The lowest BCUT2D eigenvalue weighted by Gasteiger charge is -2.27. The van der Waals surface area contributed by atoms with Crippen molar-refractivity contribution in [3.05, 3.63) is 48.9 Å². The van der Waals surface area contributed by atoms with E-state index in [0.717, 1.165) is 25.7 Å². The Balaban J connectivity index is 1.25. The van der Waals surface area contributed by atoms with Crippen molar-refractivity contribution in [3.8, 4) is 34.4 Å². The highest BCUT2D eigenvalue weighted by Gasteiger charge is 2.31. The molecule has 9 nitrogen and oxygen atoms in total. The van der Waals surface area contributed by atoms with E-state index in [4.69, 9.17) is 9.84 Å². The smallest absolute Gasteiger partial charge is 0.481 e. The zero-order valence-corrected chi connectivity index (χ0v) is 20.4. The summed E-state index contributed by atoms with van der Waals surface area (Å²) in [5.41, 5.74) is 3.03. The fourth-order valence-electron chi connectivity index (χ4n) is 4.68. The Bertz CT molecular complexity index is 1430. The Morgan fingerprint density at radius 3 is 2.37 bits per heavy atom. The van der Waals surface area contributed by atoms with Crippen LogP contribution in [0.25, 0.3) is 33.7 Å². The molecule has 0 bridgehead atoms. The summed E-state index contributed by atoms with van der Waals surface area (Å²) in [6, 6.07) is 7.87. The Labute approximate surface area is 215 Å². The summed E-state index contributed by atoms with van der Waals surface area (Å²) < 4.78 is 49.3. The van der Waals surface area contributed by atoms with Crippen LogP contribution in [0.2, 0.25) is 0 Å². The van der Waals surface area contributed by atoms with Crippen LogP contribution >= 0.6 is 0 Å². The largest absolute Gasteiger partial charge is 0.573 e. The molecule has 0 unspecified atom stereocenters. The van der Waals surface area contributed by atoms with Gasteiger partial charge in [-0.15, -0.1) is 13.2 Å². The highest BCUT2D eigenvalue weighted by atomic mass is 19.4. The van der Waals surface area contributed by atoms with Crippen LogP contribution in [-0.4, -0.2) is 48.0 Å². The number of hydrogen-bond acceptors (Lipinski definition) is 7. The van der Waals surface area contributed by atoms with Crippen LogP contribution in [0, 0.1) is 5.92 Å². The Kier molecular flexibility index (Phi) is 6.87. The van der Waals surface area contributed by atoms with Gasteiger partial charge in [-0.25, -0.2) is 15.0 Å². The van der Waals surface area contributed by atoms with Gasteiger partial charge in [0.25, 0.3) is 0 Å². The van der Waals surface area contributed by atoms with Crippen LogP contribution in [0.3, 0.4) is 0 Å². The average Bonchev–Trinajstić information content (AvgIpc) is 3.20. The zero-order chi connectivity index (χ0) is 26.9. The minimum absolute atomic E-state index is 0.0345. The normalized spacial score (nSPS) is 17.9. The molecule has 0 saturated heterocycles. The molecule has 1 fully saturated rings. The highest BCUT2D eigenvalue weighted by Crippen LogP contribution is 2.31. The second kappa shape index (κ2) is 10.3. The maximum absolute atomic E-state index is 12.6. The van der Waals surface area contributed by atoms with Crippen LogP contribution in [0.5, 0.6) is 11.8 Å². The fraction of sp³-hybridized carbons (Fsp3) is 0.346. The maximum atomic E-state index is 12.6. The van der Waals surface area contributed by atoms with Gasteiger partial charge in [-0.2, -0.15) is 0 Å². The van der Waals surface area contributed by atoms with E-state index in [9.17, 15) is 18.0 Å². The number of pyridine rings is 1. The highest BCUT2D eigenvalue weighted by molar-refractivity contribution is 5.82. The molecule has 198 valence electrons. The van der Waals surface area contributed by atoms with E-state index in [1.54, 1.807) is 36.3 Å². The number of carboxylic acids is 1. The molecule has 3 aromatic heterocycles. The van der Waals surface area contributed by atoms with E-state index in [-0.39, 0.29) is 30.2 Å². The molecule has 1 aliphatic rings. The molecule has 1 saturated carbocycles. The van der Waals surface area contributed by atoms with Crippen molar-refractivity contribution < 1.29 is 32.5 Å². The van der Waals surface area contributed by atoms with Gasteiger partial charge >= 0.3 is 18.3 Å². The van der Waals surface area contributed by atoms with E-state index < -0.39 is 12.3 Å². The summed E-state index contributed by atoms with van der Waals surface area (Å²) in [7, 11) is 1.71. The van der Waals surface area contributed by atoms with Crippen LogP contribution in [-0.2, 0) is 11.8 Å². The second-order valence-corrected chi connectivity index (χ2v) is 9.24. The number of aryl methyl sites for hydroxylation is 1. The maximum Gasteiger partial charge on any atom is 0.573 e. The van der Waals surface area contributed by atoms with Crippen molar-refractivity contribution >= 4 is 17.0 Å². The standard InChI is InChI=1S/C26H24F3N5O4/c1-34-22-11-19(38-26(27,28)29)7-9-21(22)33-24(34)16-4-8-20(30-12-16)17-13-31-25(32-14-17)37-18-5-2-15(3-6-18)10-23(35)36/h4,7-9,11-15,18H,2-3,5-6,10H2,1H3,(H,35,36). The molecule has 0 aliphatic heterocycles. The van der Waals surface area contributed by atoms with Crippen molar-refractivity contribution in [2.75, 3.05) is 0 Å². The van der Waals surface area contributed by atoms with Crippen LogP contribution < -0.4 is 9.47 Å². The van der Waals surface area contributed by atoms with E-state index in [2.05, 4.69) is 24.7 Å². The molecule has 0 atom stereocenters. The summed E-state index contributed by atoms with van der Waals surface area (Å²) in [5, 5.41) is 8.95. The average molecular weight is 528 g/mol. The number of nitrogens with zero attached hydrogens (tertiary/aromatic N) is 5. The topological polar surface area (TPSA) is 112 Å². The minimum Gasteiger partial charge on any atom is -0.481 e. The number of carboxylic acid groups (broad SMARTS) is 1. The molecule has 38 heavy (non-hydrogen) atoms. The molecule has 1 aliphatic carbocycles. The van der Waals surface area contributed by atoms with Gasteiger partial charge in [0.05, 0.1) is 16.7 Å². The van der Waals surface area contributed by atoms with E-state index in [0.29, 0.717) is 33.7 Å². The van der Waals surface area contributed by atoms with Crippen LogP contribution in [0.4, 0.5) is 13.2 Å². The summed E-state index contributed by atoms with van der Waals surface area (Å²) in [6.45, 7) is 0. The van der Waals surface area contributed by atoms with Gasteiger partial charge in [0, 0.05) is 49.3 Å². The number of ether oxygens (including phenoxy) is 2. The third kappa shape index (κ3) is 5.84. The number of alkyl halides is 3. The first-order valence-corrected chi connectivity index (χ1v) is 12.0. The molecule has 0 radical (unpaired) electrons. The molecular formula is C26H24F3N5O4. The first kappa shape index (κ1) is 25.4. The second-order valence-electron chi connectivity index (χ2n) is 9.24. The minimum atomic E-state index is -4.77. The van der Waals surface area contributed by atoms with Crippen molar-refractivity contribution in [3.63, 3.8) is 0 Å². The van der Waals surface area contributed by atoms with Gasteiger partial charge in [-0.05, 0) is 55.9 Å². The number of carbonyl (C=O) groups is 1. The van der Waals surface area contributed by atoms with E-state index in [1.165, 1.54) is 18.2 Å². The lowest BCUT2D eigenvalue weighted by Crippen LogP contribution is -2.25. The van der Waals surface area contributed by atoms with Gasteiger partial charge in [0.15, 0.2) is 0 Å². The SMILES string of the molecule is Cn1c(-c2ccc(-c3cnc(OC4CCC(CC(=O)O)CC4)nc3)nc2)nc2ccc(OC(F)(F)F)cc21. The third-order valence-electron chi connectivity index (χ3n) is 6.56. The summed E-state index contributed by atoms with van der Waals surface area (Å²) >= 11 is 0. The van der Waals surface area contributed by atoms with Crippen molar-refractivity contribution in [1.82, 2.24) is 24.5 Å². The van der Waals surface area contributed by atoms with E-state index in [1.807, 2.05) is 6.07 Å². The summed E-state index contributed by atoms with van der Waals surface area (Å²) in [4.78, 5) is 28.5. The summed E-state index contributed by atoms with van der Waals surface area (Å²) in [5.74, 6) is -0.348. The predicted molar refractivity (Wildman–Crippen MR) is 130 cm³/mol. The Morgan fingerprint density at radius 1 is 1.03 bits per heavy atom. The lowest BCUT2D eigenvalue weighted by molar-refractivity contribution is -0.274. The first-order valence-electron chi connectivity index (χ1n) is 12.0. The van der Waals surface area contributed by atoms with Gasteiger partial charge < -0.3 is 19.1 Å². The molecule has 1 aromatic carbocycles. The number of imidazole rings is 1. The quantitative estimate of drug-likeness (QED) is 0.340. The summed E-state index contributed by atoms with van der Waals surface area (Å²) in [6.07, 6.45) is 3.41. The number of aliphatic carboxylic acids is 1. The number of fused-ring (bicyclic) bond motifs is 1. The van der Waals surface area contributed by atoms with Crippen molar-refractivity contribution in [1.29, 1.82) is 0 Å². The number of aromatic nitrogens is 5. The fourth-order valence-corrected chi connectivity index (χ4v) is 4.68. The van der Waals surface area contributed by atoms with Gasteiger partial charge in [-0.3, -0.25) is 9.78 Å². The Hall–Kier alpha value is -4.22. The first-order chi connectivity index (χ1) is 18.1. The molecule has 0 spiro atoms. The van der Waals surface area contributed by atoms with Gasteiger partial charge in [0.1, 0.15) is 17.7 Å². The molecule has 3 heterocycles. The number of rotatable bonds is 7. The lowest BCUT2D eigenvalue weighted by atomic mass is 9.85. The third-order valence-corrected chi connectivity index (χ3v) is 6.56. The number of halogens is 3. The molecule has 0 amide bonds. The number of benzene rings is 1. The van der Waals surface area contributed by atoms with Gasteiger partial charge in [-0.1, -0.05) is 0 Å². The van der Waals surface area contributed by atoms with Crippen molar-refractivity contribution in [2.24, 2.45) is 13.0 Å². The van der Waals surface area contributed by atoms with Gasteiger partial charge in [0.2, 0.25) is 0 Å².